The average Bonchev–Trinajstić information content (AvgIpc) is 2.68. The molecule has 1 fully saturated rings. The number of benzene rings is 2. The van der Waals surface area contributed by atoms with E-state index in [1.54, 1.807) is 0 Å². The minimum atomic E-state index is -0.130. The number of aryl methyl sites for hydroxylation is 1. The smallest absolute Gasteiger partial charge is 0.258 e. The van der Waals surface area contributed by atoms with Gasteiger partial charge in [-0.05, 0) is 41.8 Å². The van der Waals surface area contributed by atoms with Crippen molar-refractivity contribution in [2.24, 2.45) is 0 Å². The fourth-order valence-electron chi connectivity index (χ4n) is 2.96. The van der Waals surface area contributed by atoms with E-state index >= 15 is 0 Å². The molecule has 0 bridgehead atoms. The SMILES string of the molecule is Cc1cc(OCC(=O)NCc2cccc(CN3CCOCC3)c2)ccc1Br. The summed E-state index contributed by atoms with van der Waals surface area (Å²) in [6.07, 6.45) is 0. The summed E-state index contributed by atoms with van der Waals surface area (Å²) < 4.78 is 12.0. The van der Waals surface area contributed by atoms with Crippen LogP contribution in [0.4, 0.5) is 0 Å². The summed E-state index contributed by atoms with van der Waals surface area (Å²) in [6, 6.07) is 14.0. The van der Waals surface area contributed by atoms with E-state index in [0.29, 0.717) is 12.3 Å². The Balaban J connectivity index is 1.45. The molecular formula is C21H25BrN2O3. The molecular weight excluding hydrogens is 408 g/mol. The second-order valence-electron chi connectivity index (χ2n) is 6.68. The van der Waals surface area contributed by atoms with Gasteiger partial charge >= 0.3 is 0 Å². The minimum Gasteiger partial charge on any atom is -0.484 e. The van der Waals surface area contributed by atoms with Crippen molar-refractivity contribution in [1.29, 1.82) is 0 Å². The highest BCUT2D eigenvalue weighted by atomic mass is 79.9. The van der Waals surface area contributed by atoms with E-state index in [0.717, 1.165) is 48.4 Å². The Morgan fingerprint density at radius 3 is 2.74 bits per heavy atom. The van der Waals surface area contributed by atoms with Crippen LogP contribution >= 0.6 is 15.9 Å². The Bertz CT molecular complexity index is 776. The van der Waals surface area contributed by atoms with Crippen molar-refractivity contribution in [3.05, 3.63) is 63.6 Å². The van der Waals surface area contributed by atoms with Gasteiger partial charge in [0.2, 0.25) is 0 Å². The summed E-state index contributed by atoms with van der Waals surface area (Å²) >= 11 is 3.45. The van der Waals surface area contributed by atoms with Gasteiger partial charge in [0.05, 0.1) is 13.2 Å². The number of morpholine rings is 1. The van der Waals surface area contributed by atoms with Crippen LogP contribution in [0.5, 0.6) is 5.75 Å². The maximum Gasteiger partial charge on any atom is 0.258 e. The van der Waals surface area contributed by atoms with Crippen LogP contribution in [-0.2, 0) is 22.6 Å². The molecule has 1 amide bonds. The first-order valence-electron chi connectivity index (χ1n) is 9.14. The molecule has 0 atom stereocenters. The van der Waals surface area contributed by atoms with E-state index in [1.807, 2.05) is 37.3 Å². The highest BCUT2D eigenvalue weighted by Crippen LogP contribution is 2.21. The van der Waals surface area contributed by atoms with Crippen molar-refractivity contribution in [3.63, 3.8) is 0 Å². The molecule has 2 aromatic rings. The van der Waals surface area contributed by atoms with Crippen molar-refractivity contribution in [1.82, 2.24) is 10.2 Å². The van der Waals surface area contributed by atoms with Gasteiger partial charge in [-0.1, -0.05) is 40.2 Å². The average molecular weight is 433 g/mol. The summed E-state index contributed by atoms with van der Waals surface area (Å²) in [5.74, 6) is 0.563. The Hall–Kier alpha value is -1.89. The van der Waals surface area contributed by atoms with Gasteiger partial charge in [0.15, 0.2) is 6.61 Å². The third-order valence-electron chi connectivity index (χ3n) is 4.49. The molecule has 6 heteroatoms. The molecule has 1 saturated heterocycles. The first-order valence-corrected chi connectivity index (χ1v) is 9.93. The number of nitrogens with one attached hydrogen (secondary N) is 1. The summed E-state index contributed by atoms with van der Waals surface area (Å²) in [4.78, 5) is 14.5. The van der Waals surface area contributed by atoms with E-state index in [1.165, 1.54) is 5.56 Å². The third-order valence-corrected chi connectivity index (χ3v) is 5.38. The van der Waals surface area contributed by atoms with Crippen LogP contribution < -0.4 is 10.1 Å². The number of rotatable bonds is 7. The highest BCUT2D eigenvalue weighted by Gasteiger charge is 2.11. The molecule has 1 aliphatic rings. The molecule has 2 aromatic carbocycles. The number of halogens is 1. The lowest BCUT2D eigenvalue weighted by molar-refractivity contribution is -0.123. The molecule has 1 aliphatic heterocycles. The zero-order valence-electron chi connectivity index (χ0n) is 15.5. The minimum absolute atomic E-state index is 0.00847. The topological polar surface area (TPSA) is 50.8 Å². The Labute approximate surface area is 168 Å². The van der Waals surface area contributed by atoms with Crippen molar-refractivity contribution < 1.29 is 14.3 Å². The number of hydrogen-bond donors (Lipinski definition) is 1. The first-order chi connectivity index (χ1) is 13.1. The van der Waals surface area contributed by atoms with Gasteiger partial charge in [0, 0.05) is 30.7 Å². The summed E-state index contributed by atoms with van der Waals surface area (Å²) in [6.45, 7) is 6.94. The monoisotopic (exact) mass is 432 g/mol. The summed E-state index contributed by atoms with van der Waals surface area (Å²) in [5, 5.41) is 2.92. The van der Waals surface area contributed by atoms with Gasteiger partial charge in [-0.15, -0.1) is 0 Å². The van der Waals surface area contributed by atoms with Crippen LogP contribution in [0.25, 0.3) is 0 Å². The lowest BCUT2D eigenvalue weighted by atomic mass is 10.1. The molecule has 144 valence electrons. The van der Waals surface area contributed by atoms with E-state index < -0.39 is 0 Å². The predicted molar refractivity (Wildman–Crippen MR) is 109 cm³/mol. The molecule has 1 heterocycles. The quantitative estimate of drug-likeness (QED) is 0.728. The zero-order chi connectivity index (χ0) is 19.1. The Kier molecular flexibility index (Phi) is 7.26. The van der Waals surface area contributed by atoms with Crippen LogP contribution in [0, 0.1) is 6.92 Å². The second kappa shape index (κ2) is 9.88. The maximum atomic E-state index is 12.1. The molecule has 0 aromatic heterocycles. The van der Waals surface area contributed by atoms with Gasteiger partial charge in [0.1, 0.15) is 5.75 Å². The fourth-order valence-corrected chi connectivity index (χ4v) is 3.21. The van der Waals surface area contributed by atoms with Crippen LogP contribution in [-0.4, -0.2) is 43.7 Å². The van der Waals surface area contributed by atoms with Crippen molar-refractivity contribution in [2.75, 3.05) is 32.9 Å². The Morgan fingerprint density at radius 1 is 1.19 bits per heavy atom. The van der Waals surface area contributed by atoms with Crippen molar-refractivity contribution in [2.45, 2.75) is 20.0 Å². The predicted octanol–water partition coefficient (Wildman–Crippen LogP) is 3.28. The normalized spacial score (nSPS) is 14.7. The molecule has 0 radical (unpaired) electrons. The van der Waals surface area contributed by atoms with Crippen LogP contribution in [0.15, 0.2) is 46.9 Å². The van der Waals surface area contributed by atoms with E-state index in [-0.39, 0.29) is 12.5 Å². The highest BCUT2D eigenvalue weighted by molar-refractivity contribution is 9.10. The molecule has 0 unspecified atom stereocenters. The summed E-state index contributed by atoms with van der Waals surface area (Å²) in [5.41, 5.74) is 3.42. The molecule has 27 heavy (non-hydrogen) atoms. The van der Waals surface area contributed by atoms with Gasteiger partial charge in [0.25, 0.3) is 5.91 Å². The number of amides is 1. The Morgan fingerprint density at radius 2 is 1.96 bits per heavy atom. The number of ether oxygens (including phenoxy) is 2. The number of carbonyl (C=O) groups excluding carboxylic acids is 1. The number of hydrogen-bond acceptors (Lipinski definition) is 4. The zero-order valence-corrected chi connectivity index (χ0v) is 17.1. The lowest BCUT2D eigenvalue weighted by Crippen LogP contribution is -2.35. The van der Waals surface area contributed by atoms with E-state index in [4.69, 9.17) is 9.47 Å². The lowest BCUT2D eigenvalue weighted by Gasteiger charge is -2.26. The molecule has 1 N–H and O–H groups in total. The van der Waals surface area contributed by atoms with E-state index in [9.17, 15) is 4.79 Å². The second-order valence-corrected chi connectivity index (χ2v) is 7.54. The van der Waals surface area contributed by atoms with Crippen molar-refractivity contribution in [3.8, 4) is 5.75 Å². The van der Waals surface area contributed by atoms with Crippen LogP contribution in [0.3, 0.4) is 0 Å². The summed E-state index contributed by atoms with van der Waals surface area (Å²) in [7, 11) is 0. The van der Waals surface area contributed by atoms with Gasteiger partial charge < -0.3 is 14.8 Å². The molecule has 0 saturated carbocycles. The molecule has 0 aliphatic carbocycles. The van der Waals surface area contributed by atoms with Gasteiger partial charge in [-0.25, -0.2) is 0 Å². The molecule has 0 spiro atoms. The third kappa shape index (κ3) is 6.34. The standard InChI is InChI=1S/C21H25BrN2O3/c1-16-11-19(5-6-20(16)22)27-15-21(25)23-13-17-3-2-4-18(12-17)14-24-7-9-26-10-8-24/h2-6,11-12H,7-10,13-15H2,1H3,(H,23,25). The van der Waals surface area contributed by atoms with Gasteiger partial charge in [-0.2, -0.15) is 0 Å². The molecule has 5 nitrogen and oxygen atoms in total. The van der Waals surface area contributed by atoms with Gasteiger partial charge in [-0.3, -0.25) is 9.69 Å². The van der Waals surface area contributed by atoms with Crippen LogP contribution in [0.1, 0.15) is 16.7 Å². The van der Waals surface area contributed by atoms with Crippen molar-refractivity contribution >= 4 is 21.8 Å². The number of carbonyl (C=O) groups is 1. The fraction of sp³-hybridized carbons (Fsp3) is 0.381. The largest absolute Gasteiger partial charge is 0.484 e. The number of nitrogens with zero attached hydrogens (tertiary/aromatic N) is 1. The van der Waals surface area contributed by atoms with Crippen LogP contribution in [0.2, 0.25) is 0 Å². The molecule has 3 rings (SSSR count). The van der Waals surface area contributed by atoms with E-state index in [2.05, 4.69) is 38.3 Å². The first kappa shape index (κ1) is 19.9. The maximum absolute atomic E-state index is 12.1.